The van der Waals surface area contributed by atoms with Crippen molar-refractivity contribution in [2.45, 2.75) is 10.8 Å². The highest BCUT2D eigenvalue weighted by atomic mass is 16.3. The van der Waals surface area contributed by atoms with Crippen LogP contribution in [0.2, 0.25) is 0 Å². The van der Waals surface area contributed by atoms with Gasteiger partial charge in [-0.25, -0.2) is 0 Å². The highest BCUT2D eigenvalue weighted by Gasteiger charge is 2.48. The van der Waals surface area contributed by atoms with Gasteiger partial charge in [-0.3, -0.25) is 0 Å². The Labute approximate surface area is 413 Å². The molecule has 3 nitrogen and oxygen atoms in total. The van der Waals surface area contributed by atoms with Gasteiger partial charge in [0.1, 0.15) is 11.2 Å². The van der Waals surface area contributed by atoms with Gasteiger partial charge in [0.25, 0.3) is 0 Å². The number of anilines is 6. The summed E-state index contributed by atoms with van der Waals surface area (Å²) in [5.74, 6) is 0. The van der Waals surface area contributed by atoms with Gasteiger partial charge in [0, 0.05) is 22.1 Å². The van der Waals surface area contributed by atoms with Gasteiger partial charge in [0.05, 0.1) is 33.6 Å². The second-order valence-corrected chi connectivity index (χ2v) is 18.7. The second kappa shape index (κ2) is 16.2. The first-order valence-corrected chi connectivity index (χ1v) is 24.5. The summed E-state index contributed by atoms with van der Waals surface area (Å²) in [6.07, 6.45) is 0. The molecule has 0 spiro atoms. The van der Waals surface area contributed by atoms with Crippen LogP contribution in [0.25, 0.3) is 33.1 Å². The summed E-state index contributed by atoms with van der Waals surface area (Å²) in [5, 5.41) is 2.15. The van der Waals surface area contributed by atoms with Gasteiger partial charge in [0.15, 0.2) is 0 Å². The third-order valence-electron chi connectivity index (χ3n) is 15.2. The van der Waals surface area contributed by atoms with E-state index in [2.05, 4.69) is 289 Å². The molecule has 14 rings (SSSR count). The van der Waals surface area contributed by atoms with E-state index in [1.54, 1.807) is 0 Å². The van der Waals surface area contributed by atoms with Crippen LogP contribution in [0.5, 0.6) is 0 Å². The first-order valence-electron chi connectivity index (χ1n) is 24.5. The molecule has 0 atom stereocenters. The summed E-state index contributed by atoms with van der Waals surface area (Å²) in [4.78, 5) is 4.90. The molecular weight excluding hydrogens is 861 g/mol. The Kier molecular flexibility index (Phi) is 9.33. The standard InChI is InChI=1S/C68H46N2O/c1-5-23-49(24-6-1)67(50-25-7-2-8-26-50)57-32-13-17-36-61(57)69(62-37-18-14-33-58(62)67)53-31-21-22-47(44-53)48-40-42-65-55(45-48)56-46-54(41-43-66(56)71-65)70-63-38-19-15-34-59(63)68(51-27-9-3-10-28-51,52-29-11-4-12-30-52)60-35-16-20-39-64(60)70/h1-46H. The quantitative estimate of drug-likeness (QED) is 0.159. The molecule has 71 heavy (non-hydrogen) atoms. The number of fused-ring (bicyclic) bond motifs is 7. The third kappa shape index (κ3) is 6.03. The number of para-hydroxylation sites is 4. The Morgan fingerprint density at radius 2 is 0.592 bits per heavy atom. The van der Waals surface area contributed by atoms with E-state index in [0.717, 1.165) is 67.2 Å². The van der Waals surface area contributed by atoms with Crippen molar-refractivity contribution in [3.63, 3.8) is 0 Å². The smallest absolute Gasteiger partial charge is 0.135 e. The number of hydrogen-bond donors (Lipinski definition) is 0. The van der Waals surface area contributed by atoms with Crippen molar-refractivity contribution >= 4 is 56.1 Å². The van der Waals surface area contributed by atoms with Crippen molar-refractivity contribution in [1.82, 2.24) is 0 Å². The van der Waals surface area contributed by atoms with E-state index in [1.807, 2.05) is 0 Å². The summed E-state index contributed by atoms with van der Waals surface area (Å²) in [7, 11) is 0. The molecule has 0 amide bonds. The summed E-state index contributed by atoms with van der Waals surface area (Å²) >= 11 is 0. The minimum Gasteiger partial charge on any atom is -0.456 e. The van der Waals surface area contributed by atoms with Crippen molar-refractivity contribution in [3.05, 3.63) is 324 Å². The number of nitrogens with zero attached hydrogens (tertiary/aromatic N) is 2. The molecule has 3 heterocycles. The Hall–Kier alpha value is -9.18. The first-order chi connectivity index (χ1) is 35.2. The Morgan fingerprint density at radius 3 is 1.01 bits per heavy atom. The SMILES string of the molecule is c1ccc(C2(c3ccccc3)c3ccccc3N(c3cccc(-c4ccc5oc6ccc(N7c8ccccc8C(c8ccccc8)(c8ccccc8)c8ccccc87)cc6c5c4)c3)c3ccccc32)cc1. The molecule has 0 bridgehead atoms. The maximum atomic E-state index is 6.64. The fourth-order valence-electron chi connectivity index (χ4n) is 12.3. The molecule has 0 unspecified atom stereocenters. The van der Waals surface area contributed by atoms with Gasteiger partial charge in [-0.15, -0.1) is 0 Å². The molecular formula is C68H46N2O. The van der Waals surface area contributed by atoms with E-state index >= 15 is 0 Å². The van der Waals surface area contributed by atoms with E-state index < -0.39 is 10.8 Å². The van der Waals surface area contributed by atoms with Crippen LogP contribution in [0.15, 0.2) is 283 Å². The predicted molar refractivity (Wildman–Crippen MR) is 292 cm³/mol. The van der Waals surface area contributed by atoms with Crippen LogP contribution in [0.1, 0.15) is 44.5 Å². The molecule has 0 saturated carbocycles. The largest absolute Gasteiger partial charge is 0.456 e. The van der Waals surface area contributed by atoms with Crippen LogP contribution in [-0.2, 0) is 10.8 Å². The average Bonchev–Trinajstić information content (AvgIpc) is 3.82. The van der Waals surface area contributed by atoms with Crippen LogP contribution >= 0.6 is 0 Å². The van der Waals surface area contributed by atoms with Crippen LogP contribution in [-0.4, -0.2) is 0 Å². The second-order valence-electron chi connectivity index (χ2n) is 18.7. The number of benzene rings is 11. The molecule has 11 aromatic carbocycles. The monoisotopic (exact) mass is 906 g/mol. The highest BCUT2D eigenvalue weighted by Crippen LogP contribution is 2.59. The van der Waals surface area contributed by atoms with Gasteiger partial charge in [0.2, 0.25) is 0 Å². The van der Waals surface area contributed by atoms with E-state index in [-0.39, 0.29) is 0 Å². The van der Waals surface area contributed by atoms with Gasteiger partial charge in [-0.05, 0) is 122 Å². The lowest BCUT2D eigenvalue weighted by atomic mass is 9.62. The Bertz CT molecular complexity index is 3780. The zero-order valence-electron chi connectivity index (χ0n) is 38.9. The number of rotatable bonds is 7. The minimum absolute atomic E-state index is 0.526. The van der Waals surface area contributed by atoms with E-state index in [1.165, 1.54) is 44.5 Å². The fourth-order valence-corrected chi connectivity index (χ4v) is 12.3. The van der Waals surface area contributed by atoms with Crippen molar-refractivity contribution in [2.75, 3.05) is 9.80 Å². The molecule has 334 valence electrons. The lowest BCUT2D eigenvalue weighted by Gasteiger charge is -2.46. The van der Waals surface area contributed by atoms with Gasteiger partial charge in [-0.1, -0.05) is 212 Å². The zero-order chi connectivity index (χ0) is 46.9. The van der Waals surface area contributed by atoms with Gasteiger partial charge >= 0.3 is 0 Å². The molecule has 2 aliphatic heterocycles. The van der Waals surface area contributed by atoms with Crippen LogP contribution in [0, 0.1) is 0 Å². The fraction of sp³-hybridized carbons (Fsp3) is 0.0294. The molecule has 3 heteroatoms. The van der Waals surface area contributed by atoms with Crippen molar-refractivity contribution < 1.29 is 4.42 Å². The average molecular weight is 907 g/mol. The van der Waals surface area contributed by atoms with Gasteiger partial charge in [-0.2, -0.15) is 0 Å². The zero-order valence-corrected chi connectivity index (χ0v) is 38.9. The normalized spacial score (nSPS) is 14.1. The molecule has 0 radical (unpaired) electrons. The minimum atomic E-state index is -0.534. The predicted octanol–water partition coefficient (Wildman–Crippen LogP) is 17.6. The molecule has 0 saturated heterocycles. The number of hydrogen-bond acceptors (Lipinski definition) is 3. The summed E-state index contributed by atoms with van der Waals surface area (Å²) in [5.41, 5.74) is 19.6. The van der Waals surface area contributed by atoms with Crippen molar-refractivity contribution in [1.29, 1.82) is 0 Å². The molecule has 0 fully saturated rings. The lowest BCUT2D eigenvalue weighted by molar-refractivity contribution is 0.669. The Balaban J connectivity index is 0.903. The first kappa shape index (κ1) is 40.8. The molecule has 12 aromatic rings. The maximum absolute atomic E-state index is 6.64. The highest BCUT2D eigenvalue weighted by molar-refractivity contribution is 6.08. The molecule has 1 aromatic heterocycles. The van der Waals surface area contributed by atoms with E-state index in [0.29, 0.717) is 0 Å². The van der Waals surface area contributed by atoms with E-state index in [4.69, 9.17) is 4.42 Å². The van der Waals surface area contributed by atoms with E-state index in [9.17, 15) is 0 Å². The number of furan rings is 1. The van der Waals surface area contributed by atoms with Gasteiger partial charge < -0.3 is 14.2 Å². The summed E-state index contributed by atoms with van der Waals surface area (Å²) < 4.78 is 6.64. The summed E-state index contributed by atoms with van der Waals surface area (Å²) in [6.45, 7) is 0. The molecule has 0 aliphatic carbocycles. The van der Waals surface area contributed by atoms with Crippen LogP contribution in [0.4, 0.5) is 34.1 Å². The van der Waals surface area contributed by atoms with Crippen molar-refractivity contribution in [3.8, 4) is 11.1 Å². The molecule has 0 N–H and O–H groups in total. The Morgan fingerprint density at radius 1 is 0.254 bits per heavy atom. The third-order valence-corrected chi connectivity index (χ3v) is 15.2. The lowest BCUT2D eigenvalue weighted by Crippen LogP contribution is -2.37. The maximum Gasteiger partial charge on any atom is 0.135 e. The summed E-state index contributed by atoms with van der Waals surface area (Å²) in [6, 6.07) is 102. The van der Waals surface area contributed by atoms with Crippen LogP contribution in [0.3, 0.4) is 0 Å². The van der Waals surface area contributed by atoms with Crippen molar-refractivity contribution in [2.24, 2.45) is 0 Å². The molecule has 2 aliphatic rings. The van der Waals surface area contributed by atoms with Crippen LogP contribution < -0.4 is 9.80 Å². The topological polar surface area (TPSA) is 19.6 Å².